The first-order valence-electron chi connectivity index (χ1n) is 11.7. The number of fused-ring (bicyclic) bond motifs is 5. The molecule has 0 fully saturated rings. The van der Waals surface area contributed by atoms with Gasteiger partial charge in [-0.15, -0.1) is 0 Å². The molecule has 176 valence electrons. The molecular formula is C29H25NO4S. The quantitative estimate of drug-likeness (QED) is 0.372. The van der Waals surface area contributed by atoms with Crippen LogP contribution < -0.4 is 0 Å². The Hall–Kier alpha value is -3.48. The Morgan fingerprint density at radius 2 is 1.71 bits per heavy atom. The van der Waals surface area contributed by atoms with Gasteiger partial charge in [-0.05, 0) is 67.0 Å². The second-order valence-corrected chi connectivity index (χ2v) is 11.4. The molecule has 2 heterocycles. The van der Waals surface area contributed by atoms with Gasteiger partial charge in [0.15, 0.2) is 5.78 Å². The molecule has 1 aliphatic carbocycles. The summed E-state index contributed by atoms with van der Waals surface area (Å²) in [5.74, 6) is -0.253. The molecule has 0 unspecified atom stereocenters. The highest BCUT2D eigenvalue weighted by molar-refractivity contribution is 7.90. The molecule has 0 saturated heterocycles. The first-order valence-corrected chi connectivity index (χ1v) is 13.1. The molecule has 4 aromatic rings. The van der Waals surface area contributed by atoms with E-state index in [1.165, 1.54) is 3.97 Å². The number of benzene rings is 3. The van der Waals surface area contributed by atoms with Gasteiger partial charge in [-0.2, -0.15) is 0 Å². The Morgan fingerprint density at radius 3 is 2.46 bits per heavy atom. The molecule has 0 spiro atoms. The maximum atomic E-state index is 14.0. The third-order valence-electron chi connectivity index (χ3n) is 7.29. The number of ketones is 1. The highest BCUT2D eigenvalue weighted by Gasteiger charge is 2.46. The van der Waals surface area contributed by atoms with Crippen LogP contribution in [0.2, 0.25) is 0 Å². The van der Waals surface area contributed by atoms with Crippen LogP contribution in [0.1, 0.15) is 36.1 Å². The van der Waals surface area contributed by atoms with E-state index in [1.807, 2.05) is 62.4 Å². The lowest BCUT2D eigenvalue weighted by molar-refractivity contribution is -0.119. The maximum Gasteiger partial charge on any atom is 0.268 e. The number of aryl methyl sites for hydroxylation is 1. The summed E-state index contributed by atoms with van der Waals surface area (Å²) in [5.41, 5.74) is 4.45. The number of aromatic nitrogens is 1. The van der Waals surface area contributed by atoms with Gasteiger partial charge >= 0.3 is 0 Å². The first kappa shape index (κ1) is 22.0. The Bertz CT molecular complexity index is 1610. The molecule has 2 aliphatic rings. The number of allylic oxidation sites excluding steroid dienone is 1. The SMILES string of the molecule is Cc1ccc(S(=O)(=O)n2c3c(c4cc(-c5ccccc5)ccc42)[C@H]2CC(=O)C=C[C@@]2(C)OC3)cc1. The van der Waals surface area contributed by atoms with Crippen molar-refractivity contribution in [3.63, 3.8) is 0 Å². The normalized spacial score (nSPS) is 21.7. The molecule has 0 radical (unpaired) electrons. The van der Waals surface area contributed by atoms with Crippen LogP contribution in [0.25, 0.3) is 22.0 Å². The van der Waals surface area contributed by atoms with Gasteiger partial charge in [-0.1, -0.05) is 54.1 Å². The zero-order valence-electron chi connectivity index (χ0n) is 19.6. The summed E-state index contributed by atoms with van der Waals surface area (Å²) < 4.78 is 35.6. The number of ether oxygens (including phenoxy) is 1. The third-order valence-corrected chi connectivity index (χ3v) is 9.06. The number of hydrogen-bond donors (Lipinski definition) is 0. The third kappa shape index (κ3) is 3.39. The molecule has 0 saturated carbocycles. The number of rotatable bonds is 3. The second-order valence-electron chi connectivity index (χ2n) is 9.57. The van der Waals surface area contributed by atoms with Gasteiger partial charge in [0.05, 0.1) is 28.3 Å². The van der Waals surface area contributed by atoms with Crippen LogP contribution in [0.4, 0.5) is 0 Å². The van der Waals surface area contributed by atoms with Crippen LogP contribution in [0.5, 0.6) is 0 Å². The van der Waals surface area contributed by atoms with E-state index in [9.17, 15) is 13.2 Å². The highest BCUT2D eigenvalue weighted by atomic mass is 32.2. The van der Waals surface area contributed by atoms with Crippen LogP contribution in [-0.4, -0.2) is 23.8 Å². The van der Waals surface area contributed by atoms with Crippen molar-refractivity contribution >= 4 is 26.7 Å². The lowest BCUT2D eigenvalue weighted by Gasteiger charge is -2.41. The van der Waals surface area contributed by atoms with Gasteiger partial charge in [0.2, 0.25) is 0 Å². The summed E-state index contributed by atoms with van der Waals surface area (Å²) >= 11 is 0. The van der Waals surface area contributed by atoms with E-state index in [4.69, 9.17) is 4.74 Å². The van der Waals surface area contributed by atoms with Crippen molar-refractivity contribution in [3.05, 3.63) is 102 Å². The lowest BCUT2D eigenvalue weighted by atomic mass is 9.74. The van der Waals surface area contributed by atoms with Crippen molar-refractivity contribution in [2.75, 3.05) is 0 Å². The molecule has 3 aromatic carbocycles. The number of nitrogens with zero attached hydrogens (tertiary/aromatic N) is 1. The van der Waals surface area contributed by atoms with Crippen molar-refractivity contribution in [2.45, 2.75) is 43.3 Å². The fraction of sp³-hybridized carbons (Fsp3) is 0.207. The summed E-state index contributed by atoms with van der Waals surface area (Å²) in [5, 5.41) is 0.847. The molecule has 0 N–H and O–H groups in total. The second kappa shape index (κ2) is 7.77. The zero-order chi connectivity index (χ0) is 24.4. The van der Waals surface area contributed by atoms with Crippen LogP contribution in [0.3, 0.4) is 0 Å². The predicted molar refractivity (Wildman–Crippen MR) is 136 cm³/mol. The van der Waals surface area contributed by atoms with Crippen LogP contribution in [-0.2, 0) is 26.2 Å². The molecule has 1 aromatic heterocycles. The molecular weight excluding hydrogens is 458 g/mol. The van der Waals surface area contributed by atoms with Crippen molar-refractivity contribution < 1.29 is 17.9 Å². The van der Waals surface area contributed by atoms with Crippen LogP contribution >= 0.6 is 0 Å². The van der Waals surface area contributed by atoms with E-state index in [0.29, 0.717) is 11.2 Å². The van der Waals surface area contributed by atoms with Crippen molar-refractivity contribution in [3.8, 4) is 11.1 Å². The number of carbonyl (C=O) groups excluding carboxylic acids is 1. The minimum atomic E-state index is -3.90. The monoisotopic (exact) mass is 483 g/mol. The Balaban J connectivity index is 1.66. The minimum Gasteiger partial charge on any atom is -0.364 e. The van der Waals surface area contributed by atoms with Gasteiger partial charge in [0.25, 0.3) is 10.0 Å². The van der Waals surface area contributed by atoms with Gasteiger partial charge in [-0.3, -0.25) is 4.79 Å². The first-order chi connectivity index (χ1) is 16.8. The van der Waals surface area contributed by atoms with E-state index in [-0.39, 0.29) is 29.6 Å². The van der Waals surface area contributed by atoms with Gasteiger partial charge in [0.1, 0.15) is 0 Å². The molecule has 0 amide bonds. The average molecular weight is 484 g/mol. The summed E-state index contributed by atoms with van der Waals surface area (Å²) in [4.78, 5) is 12.7. The van der Waals surface area contributed by atoms with Gasteiger partial charge < -0.3 is 4.74 Å². The van der Waals surface area contributed by atoms with Crippen molar-refractivity contribution in [1.82, 2.24) is 3.97 Å². The Labute approximate surface area is 204 Å². The molecule has 6 rings (SSSR count). The topological polar surface area (TPSA) is 65.4 Å². The fourth-order valence-corrected chi connectivity index (χ4v) is 6.92. The van der Waals surface area contributed by atoms with E-state index in [1.54, 1.807) is 30.3 Å². The maximum absolute atomic E-state index is 14.0. The van der Waals surface area contributed by atoms with E-state index in [2.05, 4.69) is 6.07 Å². The molecule has 35 heavy (non-hydrogen) atoms. The Kier molecular flexibility index (Phi) is 4.88. The minimum absolute atomic E-state index is 0.0189. The predicted octanol–water partition coefficient (Wildman–Crippen LogP) is 5.76. The average Bonchev–Trinajstić information content (AvgIpc) is 3.20. The van der Waals surface area contributed by atoms with E-state index >= 15 is 0 Å². The highest BCUT2D eigenvalue weighted by Crippen LogP contribution is 2.49. The lowest BCUT2D eigenvalue weighted by Crippen LogP contribution is -2.42. The van der Waals surface area contributed by atoms with E-state index < -0.39 is 15.6 Å². The fourth-order valence-electron chi connectivity index (χ4n) is 5.37. The summed E-state index contributed by atoms with van der Waals surface area (Å²) in [6.07, 6.45) is 3.68. The molecule has 0 bridgehead atoms. The number of carbonyl (C=O) groups is 1. The standard InChI is InChI=1S/C29H25NO4S/c1-19-8-11-23(12-9-19)35(32,33)30-26-13-10-21(20-6-4-3-5-7-20)16-24(26)28-25-17-22(31)14-15-29(25,2)34-18-27(28)30/h3-16,25H,17-18H2,1-2H3/t25-,29-/m1/s1. The summed E-state index contributed by atoms with van der Waals surface area (Å²) in [6, 6.07) is 22.8. The number of hydrogen-bond acceptors (Lipinski definition) is 4. The van der Waals surface area contributed by atoms with Crippen LogP contribution in [0.15, 0.2) is 89.8 Å². The van der Waals surface area contributed by atoms with E-state index in [0.717, 1.165) is 27.6 Å². The van der Waals surface area contributed by atoms with Gasteiger partial charge in [0, 0.05) is 17.7 Å². The molecule has 2 atom stereocenters. The van der Waals surface area contributed by atoms with Crippen LogP contribution in [0, 0.1) is 6.92 Å². The van der Waals surface area contributed by atoms with Crippen molar-refractivity contribution in [1.29, 1.82) is 0 Å². The largest absolute Gasteiger partial charge is 0.364 e. The molecule has 6 heteroatoms. The zero-order valence-corrected chi connectivity index (χ0v) is 20.4. The molecule has 5 nitrogen and oxygen atoms in total. The van der Waals surface area contributed by atoms with Crippen molar-refractivity contribution in [2.24, 2.45) is 0 Å². The Morgan fingerprint density at radius 1 is 0.971 bits per heavy atom. The summed E-state index contributed by atoms with van der Waals surface area (Å²) in [6.45, 7) is 4.04. The van der Waals surface area contributed by atoms with Gasteiger partial charge in [-0.25, -0.2) is 12.4 Å². The smallest absolute Gasteiger partial charge is 0.268 e. The summed E-state index contributed by atoms with van der Waals surface area (Å²) in [7, 11) is -3.90. The molecule has 1 aliphatic heterocycles.